The summed E-state index contributed by atoms with van der Waals surface area (Å²) in [6, 6.07) is 10.9. The summed E-state index contributed by atoms with van der Waals surface area (Å²) in [4.78, 5) is 6.93. The van der Waals surface area contributed by atoms with Crippen LogP contribution in [0.15, 0.2) is 34.9 Å². The average Bonchev–Trinajstić information content (AvgIpc) is 2.97. The highest BCUT2D eigenvalue weighted by atomic mass is 16.5. The fourth-order valence-corrected chi connectivity index (χ4v) is 2.72. The van der Waals surface area contributed by atoms with Gasteiger partial charge in [0.25, 0.3) is 11.8 Å². The van der Waals surface area contributed by atoms with Gasteiger partial charge in [0, 0.05) is 30.7 Å². The summed E-state index contributed by atoms with van der Waals surface area (Å²) in [7, 11) is 0. The lowest BCUT2D eigenvalue weighted by Crippen LogP contribution is -2.42. The highest BCUT2D eigenvalue weighted by Gasteiger charge is 2.22. The zero-order chi connectivity index (χ0) is 14.7. The van der Waals surface area contributed by atoms with E-state index in [4.69, 9.17) is 4.52 Å². The zero-order valence-corrected chi connectivity index (χ0v) is 12.6. The Balaban J connectivity index is 1.59. The van der Waals surface area contributed by atoms with E-state index in [-0.39, 0.29) is 0 Å². The number of nitrogens with zero attached hydrogens (tertiary/aromatic N) is 3. The van der Waals surface area contributed by atoms with Gasteiger partial charge in [-0.05, 0) is 44.0 Å². The van der Waals surface area contributed by atoms with Crippen LogP contribution in [0.1, 0.15) is 26.7 Å². The van der Waals surface area contributed by atoms with Crippen molar-refractivity contribution in [3.8, 4) is 11.5 Å². The predicted molar refractivity (Wildman–Crippen MR) is 83.1 cm³/mol. The summed E-state index contributed by atoms with van der Waals surface area (Å²) in [6.45, 7) is 6.75. The second kappa shape index (κ2) is 6.26. The average molecular weight is 286 g/mol. The largest absolute Gasteiger partial charge is 0.349 e. The smallest absolute Gasteiger partial charge is 0.263 e. The summed E-state index contributed by atoms with van der Waals surface area (Å²) in [6.07, 6.45) is 2.24. The van der Waals surface area contributed by atoms with Gasteiger partial charge >= 0.3 is 0 Å². The molecule has 5 heteroatoms. The van der Waals surface area contributed by atoms with Crippen molar-refractivity contribution >= 4 is 5.95 Å². The van der Waals surface area contributed by atoms with Crippen LogP contribution < -0.4 is 5.32 Å². The zero-order valence-electron chi connectivity index (χ0n) is 12.6. The fourth-order valence-electron chi connectivity index (χ4n) is 2.72. The maximum Gasteiger partial charge on any atom is 0.263 e. The molecule has 3 rings (SSSR count). The van der Waals surface area contributed by atoms with E-state index in [9.17, 15) is 0 Å². The third kappa shape index (κ3) is 3.42. The first-order valence-corrected chi connectivity index (χ1v) is 7.62. The van der Waals surface area contributed by atoms with Gasteiger partial charge in [-0.1, -0.05) is 18.2 Å². The molecule has 0 amide bonds. The van der Waals surface area contributed by atoms with Crippen LogP contribution in [0, 0.1) is 0 Å². The second-order valence-corrected chi connectivity index (χ2v) is 5.84. The van der Waals surface area contributed by atoms with E-state index >= 15 is 0 Å². The van der Waals surface area contributed by atoms with Crippen LogP contribution in [0.3, 0.4) is 0 Å². The molecule has 112 valence electrons. The van der Waals surface area contributed by atoms with E-state index < -0.39 is 0 Å². The highest BCUT2D eigenvalue weighted by Crippen LogP contribution is 2.20. The molecule has 0 bridgehead atoms. The Hall–Kier alpha value is -1.88. The van der Waals surface area contributed by atoms with E-state index in [1.165, 1.54) is 0 Å². The van der Waals surface area contributed by atoms with Gasteiger partial charge in [-0.15, -0.1) is 0 Å². The van der Waals surface area contributed by atoms with Crippen LogP contribution in [-0.4, -0.2) is 40.2 Å². The molecule has 1 aliphatic rings. The van der Waals surface area contributed by atoms with Crippen LogP contribution in [0.25, 0.3) is 11.5 Å². The Morgan fingerprint density at radius 3 is 2.57 bits per heavy atom. The van der Waals surface area contributed by atoms with Gasteiger partial charge < -0.3 is 14.7 Å². The summed E-state index contributed by atoms with van der Waals surface area (Å²) in [5.74, 6) is 1.16. The van der Waals surface area contributed by atoms with Crippen LogP contribution >= 0.6 is 0 Å². The lowest BCUT2D eigenvalue weighted by atomic mass is 10.0. The molecular formula is C16H22N4O. The molecule has 1 fully saturated rings. The van der Waals surface area contributed by atoms with Crippen molar-refractivity contribution in [1.29, 1.82) is 0 Å². The minimum atomic E-state index is 0.432. The van der Waals surface area contributed by atoms with Crippen molar-refractivity contribution in [2.45, 2.75) is 38.8 Å². The number of likely N-dealkylation sites (tertiary alicyclic amines) is 1. The lowest BCUT2D eigenvalue weighted by molar-refractivity contribution is 0.177. The van der Waals surface area contributed by atoms with E-state index in [2.05, 4.69) is 34.2 Å². The number of aromatic nitrogens is 2. The SMILES string of the molecule is CC(C)N1CCC(Nc2noc(-c3ccccc3)n2)CC1. The van der Waals surface area contributed by atoms with Crippen molar-refractivity contribution in [2.24, 2.45) is 0 Å². The van der Waals surface area contributed by atoms with Crippen molar-refractivity contribution in [3.63, 3.8) is 0 Å². The third-order valence-corrected chi connectivity index (χ3v) is 4.04. The molecule has 1 aliphatic heterocycles. The Labute approximate surface area is 125 Å². The molecule has 0 radical (unpaired) electrons. The summed E-state index contributed by atoms with van der Waals surface area (Å²) in [5, 5.41) is 7.42. The number of benzene rings is 1. The highest BCUT2D eigenvalue weighted by molar-refractivity contribution is 5.53. The first-order valence-electron chi connectivity index (χ1n) is 7.62. The first kappa shape index (κ1) is 14.1. The van der Waals surface area contributed by atoms with Crippen molar-refractivity contribution in [2.75, 3.05) is 18.4 Å². The molecule has 2 heterocycles. The van der Waals surface area contributed by atoms with Crippen LogP contribution in [-0.2, 0) is 0 Å². The van der Waals surface area contributed by atoms with Crippen molar-refractivity contribution in [3.05, 3.63) is 30.3 Å². The monoisotopic (exact) mass is 286 g/mol. The van der Waals surface area contributed by atoms with E-state index in [1.54, 1.807) is 0 Å². The van der Waals surface area contributed by atoms with Crippen molar-refractivity contribution < 1.29 is 4.52 Å². The van der Waals surface area contributed by atoms with Crippen molar-refractivity contribution in [1.82, 2.24) is 15.0 Å². The number of nitrogens with one attached hydrogen (secondary N) is 1. The topological polar surface area (TPSA) is 54.2 Å². The Kier molecular flexibility index (Phi) is 4.20. The van der Waals surface area contributed by atoms with Crippen LogP contribution in [0.4, 0.5) is 5.95 Å². The van der Waals surface area contributed by atoms with Crippen LogP contribution in [0.2, 0.25) is 0 Å². The first-order chi connectivity index (χ1) is 10.2. The summed E-state index contributed by atoms with van der Waals surface area (Å²) < 4.78 is 5.32. The molecule has 0 spiro atoms. The fraction of sp³-hybridized carbons (Fsp3) is 0.500. The minimum absolute atomic E-state index is 0.432. The number of piperidine rings is 1. The van der Waals surface area contributed by atoms with Gasteiger partial charge in [-0.25, -0.2) is 0 Å². The lowest BCUT2D eigenvalue weighted by Gasteiger charge is -2.34. The quantitative estimate of drug-likeness (QED) is 0.936. The maximum atomic E-state index is 5.32. The van der Waals surface area contributed by atoms with Gasteiger partial charge in [0.05, 0.1) is 0 Å². The van der Waals surface area contributed by atoms with Gasteiger partial charge in [-0.2, -0.15) is 4.98 Å². The molecule has 1 aromatic carbocycles. The molecule has 2 aromatic rings. The molecule has 1 saturated heterocycles. The van der Waals surface area contributed by atoms with Gasteiger partial charge in [-0.3, -0.25) is 0 Å². The van der Waals surface area contributed by atoms with E-state index in [0.717, 1.165) is 31.5 Å². The Morgan fingerprint density at radius 2 is 1.90 bits per heavy atom. The molecule has 1 aromatic heterocycles. The predicted octanol–water partition coefficient (Wildman–Crippen LogP) is 3.02. The third-order valence-electron chi connectivity index (χ3n) is 4.04. The molecular weight excluding hydrogens is 264 g/mol. The molecule has 0 aliphatic carbocycles. The van der Waals surface area contributed by atoms with E-state index in [1.807, 2.05) is 30.3 Å². The number of hydrogen-bond acceptors (Lipinski definition) is 5. The molecule has 21 heavy (non-hydrogen) atoms. The van der Waals surface area contributed by atoms with Crippen LogP contribution in [0.5, 0.6) is 0 Å². The van der Waals surface area contributed by atoms with Gasteiger partial charge in [0.15, 0.2) is 0 Å². The van der Waals surface area contributed by atoms with Gasteiger partial charge in [0.1, 0.15) is 0 Å². The molecule has 0 saturated carbocycles. The molecule has 0 atom stereocenters. The summed E-state index contributed by atoms with van der Waals surface area (Å²) >= 11 is 0. The molecule has 0 unspecified atom stereocenters. The second-order valence-electron chi connectivity index (χ2n) is 5.84. The number of hydrogen-bond donors (Lipinski definition) is 1. The Morgan fingerprint density at radius 1 is 1.19 bits per heavy atom. The molecule has 1 N–H and O–H groups in total. The summed E-state index contributed by atoms with van der Waals surface area (Å²) in [5.41, 5.74) is 0.952. The standard InChI is InChI=1S/C16H22N4O/c1-12(2)20-10-8-14(9-11-20)17-16-18-15(21-19-16)13-6-4-3-5-7-13/h3-7,12,14H,8-11H2,1-2H3,(H,17,19). The Bertz CT molecular complexity index is 559. The normalized spacial score (nSPS) is 17.3. The van der Waals surface area contributed by atoms with E-state index in [0.29, 0.717) is 23.9 Å². The molecule has 5 nitrogen and oxygen atoms in total. The van der Waals surface area contributed by atoms with Gasteiger partial charge in [0.2, 0.25) is 0 Å². The number of anilines is 1. The number of rotatable bonds is 4. The maximum absolute atomic E-state index is 5.32. The minimum Gasteiger partial charge on any atom is -0.349 e.